The fourth-order valence-corrected chi connectivity index (χ4v) is 3.47. The van der Waals surface area contributed by atoms with Crippen molar-refractivity contribution in [1.82, 2.24) is 0 Å². The van der Waals surface area contributed by atoms with E-state index in [-0.39, 0.29) is 5.41 Å². The Morgan fingerprint density at radius 3 is 2.71 bits per heavy atom. The van der Waals surface area contributed by atoms with Crippen molar-refractivity contribution < 1.29 is 4.79 Å². The zero-order valence-corrected chi connectivity index (χ0v) is 11.3. The van der Waals surface area contributed by atoms with Crippen molar-refractivity contribution in [3.8, 4) is 0 Å². The molecule has 2 rings (SSSR count). The standard InChI is InChI=1S/C15H20OS/c1-15(11-7-3-6-10-14(15)16)12-17-13-8-4-2-5-9-13/h2,4-5,8-9H,3,6-7,10-12H2,1H3. The lowest BCUT2D eigenvalue weighted by Crippen LogP contribution is -2.29. The number of thioether (sulfide) groups is 1. The molecule has 1 saturated carbocycles. The van der Waals surface area contributed by atoms with Crippen molar-refractivity contribution in [3.63, 3.8) is 0 Å². The molecule has 0 spiro atoms. The molecule has 1 nitrogen and oxygen atoms in total. The van der Waals surface area contributed by atoms with E-state index in [9.17, 15) is 4.79 Å². The molecule has 1 unspecified atom stereocenters. The molecule has 1 fully saturated rings. The summed E-state index contributed by atoms with van der Waals surface area (Å²) in [5.41, 5.74) is -0.100. The molecule has 2 heteroatoms. The second-order valence-electron chi connectivity index (χ2n) is 5.15. The normalized spacial score (nSPS) is 25.6. The Hall–Kier alpha value is -0.760. The summed E-state index contributed by atoms with van der Waals surface area (Å²) in [7, 11) is 0. The summed E-state index contributed by atoms with van der Waals surface area (Å²) in [4.78, 5) is 13.4. The Labute approximate surface area is 108 Å². The maximum Gasteiger partial charge on any atom is 0.139 e. The van der Waals surface area contributed by atoms with E-state index in [1.165, 1.54) is 17.7 Å². The fourth-order valence-electron chi connectivity index (χ4n) is 2.33. The Bertz CT molecular complexity index is 374. The van der Waals surface area contributed by atoms with Gasteiger partial charge < -0.3 is 0 Å². The smallest absolute Gasteiger partial charge is 0.139 e. The lowest BCUT2D eigenvalue weighted by Gasteiger charge is -2.25. The van der Waals surface area contributed by atoms with Crippen LogP contribution in [0.25, 0.3) is 0 Å². The van der Waals surface area contributed by atoms with Gasteiger partial charge in [0, 0.05) is 22.5 Å². The highest BCUT2D eigenvalue weighted by molar-refractivity contribution is 7.99. The number of ketones is 1. The highest BCUT2D eigenvalue weighted by atomic mass is 32.2. The average molecular weight is 248 g/mol. The summed E-state index contributed by atoms with van der Waals surface area (Å²) in [6, 6.07) is 10.4. The van der Waals surface area contributed by atoms with Crippen LogP contribution in [0.4, 0.5) is 0 Å². The molecule has 0 saturated heterocycles. The second-order valence-corrected chi connectivity index (χ2v) is 6.19. The molecule has 0 heterocycles. The van der Waals surface area contributed by atoms with Crippen LogP contribution < -0.4 is 0 Å². The van der Waals surface area contributed by atoms with Crippen LogP contribution in [0.5, 0.6) is 0 Å². The second kappa shape index (κ2) is 5.72. The highest BCUT2D eigenvalue weighted by Crippen LogP contribution is 2.36. The molecule has 92 valence electrons. The molecule has 0 N–H and O–H groups in total. The van der Waals surface area contributed by atoms with E-state index in [1.807, 2.05) is 17.8 Å². The van der Waals surface area contributed by atoms with Crippen molar-refractivity contribution in [3.05, 3.63) is 30.3 Å². The predicted octanol–water partition coefficient (Wildman–Crippen LogP) is 4.32. The van der Waals surface area contributed by atoms with Crippen LogP contribution in [0, 0.1) is 5.41 Å². The summed E-state index contributed by atoms with van der Waals surface area (Å²) >= 11 is 1.82. The number of carbonyl (C=O) groups is 1. The van der Waals surface area contributed by atoms with E-state index >= 15 is 0 Å². The van der Waals surface area contributed by atoms with Gasteiger partial charge in [0.15, 0.2) is 0 Å². The summed E-state index contributed by atoms with van der Waals surface area (Å²) in [6.07, 6.45) is 5.36. The first-order valence-corrected chi connectivity index (χ1v) is 7.40. The van der Waals surface area contributed by atoms with Gasteiger partial charge in [-0.15, -0.1) is 11.8 Å². The molecule has 1 atom stereocenters. The number of Topliss-reactive ketones (excluding diaryl/α,β-unsaturated/α-hetero) is 1. The third kappa shape index (κ3) is 3.35. The minimum atomic E-state index is -0.100. The zero-order valence-electron chi connectivity index (χ0n) is 10.4. The van der Waals surface area contributed by atoms with E-state index in [0.29, 0.717) is 5.78 Å². The molecule has 1 aromatic rings. The lowest BCUT2D eigenvalue weighted by atomic mass is 9.83. The van der Waals surface area contributed by atoms with Crippen LogP contribution in [0.2, 0.25) is 0 Å². The summed E-state index contributed by atoms with van der Waals surface area (Å²) in [5, 5.41) is 0. The predicted molar refractivity (Wildman–Crippen MR) is 73.4 cm³/mol. The minimum Gasteiger partial charge on any atom is -0.299 e. The maximum atomic E-state index is 12.1. The highest BCUT2D eigenvalue weighted by Gasteiger charge is 2.33. The van der Waals surface area contributed by atoms with Gasteiger partial charge in [0.2, 0.25) is 0 Å². The SMILES string of the molecule is CC1(CSc2ccccc2)CCCCCC1=O. The maximum absolute atomic E-state index is 12.1. The average Bonchev–Trinajstić information content (AvgIpc) is 2.52. The molecule has 0 bridgehead atoms. The van der Waals surface area contributed by atoms with E-state index in [0.717, 1.165) is 25.0 Å². The third-order valence-corrected chi connectivity index (χ3v) is 4.99. The summed E-state index contributed by atoms with van der Waals surface area (Å²) in [5.74, 6) is 1.40. The van der Waals surface area contributed by atoms with Crippen LogP contribution in [0.3, 0.4) is 0 Å². The first kappa shape index (κ1) is 12.7. The number of hydrogen-bond acceptors (Lipinski definition) is 2. The third-order valence-electron chi connectivity index (χ3n) is 3.61. The molecule has 17 heavy (non-hydrogen) atoms. The van der Waals surface area contributed by atoms with Crippen molar-refractivity contribution in [2.24, 2.45) is 5.41 Å². The van der Waals surface area contributed by atoms with Gasteiger partial charge in [0.25, 0.3) is 0 Å². The zero-order chi connectivity index (χ0) is 12.1. The van der Waals surface area contributed by atoms with Gasteiger partial charge in [-0.05, 0) is 25.0 Å². The van der Waals surface area contributed by atoms with Gasteiger partial charge >= 0.3 is 0 Å². The van der Waals surface area contributed by atoms with Gasteiger partial charge in [-0.2, -0.15) is 0 Å². The number of hydrogen-bond donors (Lipinski definition) is 0. The molecule has 0 aliphatic heterocycles. The Morgan fingerprint density at radius 1 is 1.18 bits per heavy atom. The van der Waals surface area contributed by atoms with E-state index < -0.39 is 0 Å². The van der Waals surface area contributed by atoms with Crippen molar-refractivity contribution >= 4 is 17.5 Å². The van der Waals surface area contributed by atoms with Crippen LogP contribution in [0.1, 0.15) is 39.0 Å². The van der Waals surface area contributed by atoms with Crippen LogP contribution in [-0.2, 0) is 4.79 Å². The first-order chi connectivity index (χ1) is 8.21. The first-order valence-electron chi connectivity index (χ1n) is 6.42. The summed E-state index contributed by atoms with van der Waals surface area (Å²) < 4.78 is 0. The van der Waals surface area contributed by atoms with Crippen molar-refractivity contribution in [2.45, 2.75) is 43.9 Å². The molecule has 0 aromatic heterocycles. The molecular formula is C15H20OS. The van der Waals surface area contributed by atoms with Gasteiger partial charge in [0.1, 0.15) is 5.78 Å². The Kier molecular flexibility index (Phi) is 4.27. The quantitative estimate of drug-likeness (QED) is 0.585. The van der Waals surface area contributed by atoms with Crippen LogP contribution in [-0.4, -0.2) is 11.5 Å². The van der Waals surface area contributed by atoms with E-state index in [2.05, 4.69) is 31.2 Å². The number of carbonyl (C=O) groups excluding carboxylic acids is 1. The van der Waals surface area contributed by atoms with Gasteiger partial charge in [-0.25, -0.2) is 0 Å². The molecule has 0 radical (unpaired) electrons. The van der Waals surface area contributed by atoms with Crippen molar-refractivity contribution in [2.75, 3.05) is 5.75 Å². The molecule has 1 aliphatic rings. The lowest BCUT2D eigenvalue weighted by molar-refractivity contribution is -0.126. The topological polar surface area (TPSA) is 17.1 Å². The van der Waals surface area contributed by atoms with Crippen LogP contribution >= 0.6 is 11.8 Å². The monoisotopic (exact) mass is 248 g/mol. The minimum absolute atomic E-state index is 0.100. The molecular weight excluding hydrogens is 228 g/mol. The van der Waals surface area contributed by atoms with Gasteiger partial charge in [-0.3, -0.25) is 4.79 Å². The number of rotatable bonds is 3. The largest absolute Gasteiger partial charge is 0.299 e. The number of benzene rings is 1. The van der Waals surface area contributed by atoms with Crippen LogP contribution in [0.15, 0.2) is 35.2 Å². The van der Waals surface area contributed by atoms with E-state index in [4.69, 9.17) is 0 Å². The summed E-state index contributed by atoms with van der Waals surface area (Å²) in [6.45, 7) is 2.15. The molecule has 1 aromatic carbocycles. The van der Waals surface area contributed by atoms with E-state index in [1.54, 1.807) is 0 Å². The fraction of sp³-hybridized carbons (Fsp3) is 0.533. The van der Waals surface area contributed by atoms with Gasteiger partial charge in [-0.1, -0.05) is 38.0 Å². The van der Waals surface area contributed by atoms with Gasteiger partial charge in [0.05, 0.1) is 0 Å². The Balaban J connectivity index is 1.98. The molecule has 0 amide bonds. The Morgan fingerprint density at radius 2 is 1.94 bits per heavy atom. The van der Waals surface area contributed by atoms with Crippen molar-refractivity contribution in [1.29, 1.82) is 0 Å². The molecule has 1 aliphatic carbocycles.